The highest BCUT2D eigenvalue weighted by atomic mass is 16.3. The van der Waals surface area contributed by atoms with Crippen LogP contribution in [0.4, 0.5) is 11.6 Å². The molecule has 3 N–H and O–H groups in total. The first kappa shape index (κ1) is 10.7. The van der Waals surface area contributed by atoms with Gasteiger partial charge < -0.3 is 15.7 Å². The van der Waals surface area contributed by atoms with E-state index in [0.29, 0.717) is 12.4 Å². The molecule has 0 aromatic carbocycles. The second kappa shape index (κ2) is 4.76. The van der Waals surface area contributed by atoms with E-state index in [4.69, 9.17) is 10.8 Å². The second-order valence-corrected chi connectivity index (χ2v) is 3.01. The van der Waals surface area contributed by atoms with Crippen molar-refractivity contribution in [2.75, 3.05) is 30.3 Å². The highest BCUT2D eigenvalue weighted by Gasteiger charge is 2.10. The zero-order valence-corrected chi connectivity index (χ0v) is 8.56. The number of anilines is 2. The monoisotopic (exact) mass is 196 g/mol. The Morgan fingerprint density at radius 2 is 2.21 bits per heavy atom. The molecule has 0 saturated heterocycles. The molecule has 0 bridgehead atoms. The number of rotatable bonds is 4. The van der Waals surface area contributed by atoms with Crippen molar-refractivity contribution < 1.29 is 5.11 Å². The number of nitrogens with two attached hydrogens (primary N) is 1. The van der Waals surface area contributed by atoms with Crippen LogP contribution in [0, 0.1) is 6.92 Å². The summed E-state index contributed by atoms with van der Waals surface area (Å²) in [7, 11) is 0. The number of aliphatic hydroxyl groups is 1. The Morgan fingerprint density at radius 3 is 2.79 bits per heavy atom. The van der Waals surface area contributed by atoms with Gasteiger partial charge in [0.15, 0.2) is 0 Å². The van der Waals surface area contributed by atoms with E-state index in [2.05, 4.69) is 9.97 Å². The van der Waals surface area contributed by atoms with Crippen LogP contribution in [0.2, 0.25) is 0 Å². The van der Waals surface area contributed by atoms with Crippen LogP contribution in [0.15, 0.2) is 6.33 Å². The van der Waals surface area contributed by atoms with E-state index < -0.39 is 0 Å². The van der Waals surface area contributed by atoms with Crippen LogP contribution in [-0.2, 0) is 0 Å². The Labute approximate surface area is 83.6 Å². The molecule has 0 unspecified atom stereocenters. The summed E-state index contributed by atoms with van der Waals surface area (Å²) in [5, 5.41) is 8.87. The van der Waals surface area contributed by atoms with Crippen LogP contribution >= 0.6 is 0 Å². The molecule has 0 aliphatic carbocycles. The Balaban J connectivity index is 2.97. The Hall–Kier alpha value is -1.36. The minimum Gasteiger partial charge on any atom is -0.395 e. The predicted molar refractivity (Wildman–Crippen MR) is 56.2 cm³/mol. The Bertz CT molecular complexity index is 303. The summed E-state index contributed by atoms with van der Waals surface area (Å²) in [4.78, 5) is 10.0. The number of hydrogen-bond acceptors (Lipinski definition) is 5. The average Bonchev–Trinajstić information content (AvgIpc) is 2.19. The minimum absolute atomic E-state index is 0.108. The molecular weight excluding hydrogens is 180 g/mol. The molecule has 0 atom stereocenters. The van der Waals surface area contributed by atoms with Crippen LogP contribution in [-0.4, -0.2) is 34.8 Å². The lowest BCUT2D eigenvalue weighted by Crippen LogP contribution is -2.28. The topological polar surface area (TPSA) is 75.3 Å². The number of aliphatic hydroxyl groups excluding tert-OH is 1. The summed E-state index contributed by atoms with van der Waals surface area (Å²) < 4.78 is 0. The number of hydrogen-bond donors (Lipinski definition) is 2. The largest absolute Gasteiger partial charge is 0.395 e. The maximum atomic E-state index is 8.87. The quantitative estimate of drug-likeness (QED) is 0.718. The van der Waals surface area contributed by atoms with Gasteiger partial charge in [-0.1, -0.05) is 0 Å². The predicted octanol–water partition coefficient (Wildman–Crippen LogP) is 0.186. The summed E-state index contributed by atoms with van der Waals surface area (Å²) in [6, 6.07) is 0. The molecule has 5 heteroatoms. The smallest absolute Gasteiger partial charge is 0.137 e. The third kappa shape index (κ3) is 2.11. The Kier molecular flexibility index (Phi) is 3.64. The van der Waals surface area contributed by atoms with Gasteiger partial charge in [0, 0.05) is 18.7 Å². The third-order valence-corrected chi connectivity index (χ3v) is 2.15. The lowest BCUT2D eigenvalue weighted by atomic mass is 10.3. The van der Waals surface area contributed by atoms with E-state index in [1.54, 1.807) is 0 Å². The summed E-state index contributed by atoms with van der Waals surface area (Å²) in [5.74, 6) is 1.29. The second-order valence-electron chi connectivity index (χ2n) is 3.01. The maximum Gasteiger partial charge on any atom is 0.137 e. The van der Waals surface area contributed by atoms with Crippen molar-refractivity contribution in [3.63, 3.8) is 0 Å². The fourth-order valence-corrected chi connectivity index (χ4v) is 1.31. The molecule has 1 rings (SSSR count). The molecule has 1 heterocycles. The highest BCUT2D eigenvalue weighted by Crippen LogP contribution is 2.19. The molecule has 0 saturated carbocycles. The first-order valence-corrected chi connectivity index (χ1v) is 4.63. The van der Waals surface area contributed by atoms with Crippen molar-refractivity contribution in [3.8, 4) is 0 Å². The molecule has 0 fully saturated rings. The Morgan fingerprint density at radius 1 is 1.50 bits per heavy atom. The lowest BCUT2D eigenvalue weighted by molar-refractivity contribution is 0.302. The first-order valence-electron chi connectivity index (χ1n) is 4.63. The highest BCUT2D eigenvalue weighted by molar-refractivity contribution is 5.55. The third-order valence-electron chi connectivity index (χ3n) is 2.15. The van der Waals surface area contributed by atoms with Gasteiger partial charge >= 0.3 is 0 Å². The molecule has 78 valence electrons. The van der Waals surface area contributed by atoms with Gasteiger partial charge in [-0.2, -0.15) is 0 Å². The van der Waals surface area contributed by atoms with E-state index in [1.807, 2.05) is 18.7 Å². The molecule has 0 aliphatic heterocycles. The molecule has 14 heavy (non-hydrogen) atoms. The molecule has 1 aromatic heterocycles. The van der Waals surface area contributed by atoms with Crippen LogP contribution in [0.3, 0.4) is 0 Å². The van der Waals surface area contributed by atoms with Crippen LogP contribution in [0.25, 0.3) is 0 Å². The molecule has 0 spiro atoms. The molecule has 0 aliphatic rings. The fraction of sp³-hybridized carbons (Fsp3) is 0.556. The zero-order valence-electron chi connectivity index (χ0n) is 8.56. The lowest BCUT2D eigenvalue weighted by Gasteiger charge is -2.22. The number of nitrogen functional groups attached to an aromatic ring is 1. The molecule has 5 nitrogen and oxygen atoms in total. The summed E-state index contributed by atoms with van der Waals surface area (Å²) >= 11 is 0. The standard InChI is InChI=1S/C9H16N4O/c1-3-13(4-5-14)9-7(2)8(10)11-6-12-9/h6,14H,3-5H2,1-2H3,(H2,10,11,12). The van der Waals surface area contributed by atoms with Gasteiger partial charge in [-0.15, -0.1) is 0 Å². The summed E-state index contributed by atoms with van der Waals surface area (Å²) in [6.45, 7) is 5.35. The van der Waals surface area contributed by atoms with Crippen molar-refractivity contribution >= 4 is 11.6 Å². The van der Waals surface area contributed by atoms with Gasteiger partial charge in [0.2, 0.25) is 0 Å². The first-order chi connectivity index (χ1) is 6.70. The van der Waals surface area contributed by atoms with Gasteiger partial charge in [-0.3, -0.25) is 0 Å². The summed E-state index contributed by atoms with van der Waals surface area (Å²) in [5.41, 5.74) is 6.53. The molecular formula is C9H16N4O. The van der Waals surface area contributed by atoms with E-state index in [9.17, 15) is 0 Å². The molecule has 0 amide bonds. The van der Waals surface area contributed by atoms with Crippen LogP contribution < -0.4 is 10.6 Å². The van der Waals surface area contributed by atoms with Crippen LogP contribution in [0.1, 0.15) is 12.5 Å². The van der Waals surface area contributed by atoms with Gasteiger partial charge in [-0.05, 0) is 13.8 Å². The van der Waals surface area contributed by atoms with E-state index in [0.717, 1.165) is 17.9 Å². The number of nitrogens with zero attached hydrogens (tertiary/aromatic N) is 3. The van der Waals surface area contributed by atoms with Gasteiger partial charge in [0.25, 0.3) is 0 Å². The molecule has 1 aromatic rings. The van der Waals surface area contributed by atoms with Crippen molar-refractivity contribution in [2.45, 2.75) is 13.8 Å². The number of aromatic nitrogens is 2. The number of likely N-dealkylation sites (N-methyl/N-ethyl adjacent to an activating group) is 1. The van der Waals surface area contributed by atoms with E-state index in [1.165, 1.54) is 6.33 Å². The van der Waals surface area contributed by atoms with E-state index in [-0.39, 0.29) is 6.61 Å². The van der Waals surface area contributed by atoms with Crippen molar-refractivity contribution in [2.24, 2.45) is 0 Å². The van der Waals surface area contributed by atoms with Crippen molar-refractivity contribution in [3.05, 3.63) is 11.9 Å². The van der Waals surface area contributed by atoms with E-state index >= 15 is 0 Å². The van der Waals surface area contributed by atoms with Crippen molar-refractivity contribution in [1.29, 1.82) is 0 Å². The van der Waals surface area contributed by atoms with Gasteiger partial charge in [0.05, 0.1) is 6.61 Å². The maximum absolute atomic E-state index is 8.87. The normalized spacial score (nSPS) is 10.2. The zero-order chi connectivity index (χ0) is 10.6. The van der Waals surface area contributed by atoms with Gasteiger partial charge in [0.1, 0.15) is 18.0 Å². The van der Waals surface area contributed by atoms with Crippen molar-refractivity contribution in [1.82, 2.24) is 9.97 Å². The van der Waals surface area contributed by atoms with Crippen LogP contribution in [0.5, 0.6) is 0 Å². The SMILES string of the molecule is CCN(CCO)c1ncnc(N)c1C. The van der Waals surface area contributed by atoms with Gasteiger partial charge in [-0.25, -0.2) is 9.97 Å². The fourth-order valence-electron chi connectivity index (χ4n) is 1.31. The average molecular weight is 196 g/mol. The summed E-state index contributed by atoms with van der Waals surface area (Å²) in [6.07, 6.45) is 1.44. The molecule has 0 radical (unpaired) electrons. The minimum atomic E-state index is 0.108.